The van der Waals surface area contributed by atoms with Crippen molar-refractivity contribution < 1.29 is 19.1 Å². The van der Waals surface area contributed by atoms with Crippen molar-refractivity contribution in [2.45, 2.75) is 20.4 Å². The second kappa shape index (κ2) is 10.8. The van der Waals surface area contributed by atoms with E-state index in [1.54, 1.807) is 12.0 Å². The van der Waals surface area contributed by atoms with E-state index in [1.165, 1.54) is 7.11 Å². The lowest BCUT2D eigenvalue weighted by molar-refractivity contribution is -0.136. The third kappa shape index (κ3) is 6.65. The number of carbonyl (C=O) groups is 2. The molecule has 0 aliphatic heterocycles. The Hall–Kier alpha value is -2.12. The molecule has 2 amide bonds. The summed E-state index contributed by atoms with van der Waals surface area (Å²) < 4.78 is 10.1. The maximum Gasteiger partial charge on any atom is 0.248 e. The van der Waals surface area contributed by atoms with Crippen LogP contribution in [0.25, 0.3) is 0 Å². The van der Waals surface area contributed by atoms with Crippen molar-refractivity contribution in [3.8, 4) is 0 Å². The Bertz CT molecular complexity index is 602. The number of amides is 2. The molecule has 1 aromatic rings. The van der Waals surface area contributed by atoms with Crippen LogP contribution in [-0.4, -0.2) is 64.8 Å². The summed E-state index contributed by atoms with van der Waals surface area (Å²) >= 11 is 0. The molecule has 26 heavy (non-hydrogen) atoms. The molecule has 0 radical (unpaired) electrons. The van der Waals surface area contributed by atoms with E-state index < -0.39 is 0 Å². The van der Waals surface area contributed by atoms with Gasteiger partial charge in [-0.3, -0.25) is 9.59 Å². The van der Waals surface area contributed by atoms with Crippen molar-refractivity contribution >= 4 is 23.2 Å². The fourth-order valence-corrected chi connectivity index (χ4v) is 2.43. The van der Waals surface area contributed by atoms with E-state index in [9.17, 15) is 9.59 Å². The van der Waals surface area contributed by atoms with Crippen LogP contribution in [0.5, 0.6) is 0 Å². The highest BCUT2D eigenvalue weighted by molar-refractivity contribution is 5.92. The molecule has 7 heteroatoms. The lowest BCUT2D eigenvalue weighted by Gasteiger charge is -2.26. The summed E-state index contributed by atoms with van der Waals surface area (Å²) in [7, 11) is 7.00. The van der Waals surface area contributed by atoms with Crippen molar-refractivity contribution in [3.05, 3.63) is 23.8 Å². The number of methoxy groups -OCH3 is 2. The molecule has 0 bridgehead atoms. The van der Waals surface area contributed by atoms with E-state index in [-0.39, 0.29) is 24.3 Å². The smallest absolute Gasteiger partial charge is 0.248 e. The fourth-order valence-electron chi connectivity index (χ4n) is 2.43. The Morgan fingerprint density at radius 2 is 1.85 bits per heavy atom. The maximum atomic E-state index is 12.3. The molecule has 0 aliphatic rings. The number of nitrogens with zero attached hydrogens (tertiary/aromatic N) is 2. The summed E-state index contributed by atoms with van der Waals surface area (Å²) in [6.45, 7) is 5.03. The predicted molar refractivity (Wildman–Crippen MR) is 103 cm³/mol. The SMILES string of the molecule is COCCN(Cc1cc(NC(=O)C(C)C)ccc1N(C)C)C(=O)COC. The molecule has 0 aliphatic carbocycles. The first kappa shape index (κ1) is 21.9. The van der Waals surface area contributed by atoms with Crippen LogP contribution in [-0.2, 0) is 25.6 Å². The van der Waals surface area contributed by atoms with E-state index in [1.807, 2.05) is 51.0 Å². The molecule has 0 saturated heterocycles. The summed E-state index contributed by atoms with van der Waals surface area (Å²) in [5.74, 6) is -0.250. The first-order chi connectivity index (χ1) is 12.3. The quantitative estimate of drug-likeness (QED) is 0.686. The highest BCUT2D eigenvalue weighted by Gasteiger charge is 2.17. The highest BCUT2D eigenvalue weighted by Crippen LogP contribution is 2.25. The van der Waals surface area contributed by atoms with Crippen molar-refractivity contribution in [3.63, 3.8) is 0 Å². The number of anilines is 2. The standard InChI is InChI=1S/C19H31N3O4/c1-14(2)19(24)20-16-7-8-17(21(3)4)15(11-16)12-22(9-10-25-5)18(23)13-26-6/h7-8,11,14H,9-10,12-13H2,1-6H3,(H,20,24). The number of hydrogen-bond acceptors (Lipinski definition) is 5. The molecule has 1 aromatic carbocycles. The molecular weight excluding hydrogens is 334 g/mol. The van der Waals surface area contributed by atoms with Gasteiger partial charge in [-0.1, -0.05) is 13.8 Å². The van der Waals surface area contributed by atoms with Crippen LogP contribution in [0, 0.1) is 5.92 Å². The van der Waals surface area contributed by atoms with Crippen molar-refractivity contribution in [1.29, 1.82) is 0 Å². The largest absolute Gasteiger partial charge is 0.383 e. The zero-order chi connectivity index (χ0) is 19.7. The monoisotopic (exact) mass is 365 g/mol. The fraction of sp³-hybridized carbons (Fsp3) is 0.579. The Morgan fingerprint density at radius 3 is 2.38 bits per heavy atom. The number of ether oxygens (including phenoxy) is 2. The lowest BCUT2D eigenvalue weighted by atomic mass is 10.1. The van der Waals surface area contributed by atoms with Crippen LogP contribution in [0.3, 0.4) is 0 Å². The zero-order valence-electron chi connectivity index (χ0n) is 16.7. The zero-order valence-corrected chi connectivity index (χ0v) is 16.7. The normalized spacial score (nSPS) is 10.7. The molecule has 0 fully saturated rings. The molecule has 0 spiro atoms. The van der Waals surface area contributed by atoms with Crippen LogP contribution < -0.4 is 10.2 Å². The number of hydrogen-bond donors (Lipinski definition) is 1. The molecule has 0 heterocycles. The minimum absolute atomic E-state index is 0.0186. The maximum absolute atomic E-state index is 12.3. The molecule has 7 nitrogen and oxygen atoms in total. The first-order valence-corrected chi connectivity index (χ1v) is 8.66. The van der Waals surface area contributed by atoms with E-state index in [0.717, 1.165) is 16.9 Å². The number of nitrogens with one attached hydrogen (secondary N) is 1. The molecule has 0 saturated carbocycles. The second-order valence-electron chi connectivity index (χ2n) is 6.62. The average molecular weight is 365 g/mol. The number of carbonyl (C=O) groups excluding carboxylic acids is 2. The van der Waals surface area contributed by atoms with Gasteiger partial charge in [-0.2, -0.15) is 0 Å². The van der Waals surface area contributed by atoms with Gasteiger partial charge in [0.05, 0.1) is 6.61 Å². The van der Waals surface area contributed by atoms with Gasteiger partial charge < -0.3 is 24.6 Å². The Morgan fingerprint density at radius 1 is 1.15 bits per heavy atom. The van der Waals surface area contributed by atoms with E-state index in [2.05, 4.69) is 5.32 Å². The highest BCUT2D eigenvalue weighted by atomic mass is 16.5. The molecular formula is C19H31N3O4. The summed E-state index contributed by atoms with van der Waals surface area (Å²) in [5, 5.41) is 2.91. The second-order valence-corrected chi connectivity index (χ2v) is 6.62. The van der Waals surface area contributed by atoms with Crippen LogP contribution in [0.2, 0.25) is 0 Å². The van der Waals surface area contributed by atoms with E-state index in [0.29, 0.717) is 19.7 Å². The molecule has 1 N–H and O–H groups in total. The van der Waals surface area contributed by atoms with Crippen molar-refractivity contribution in [1.82, 2.24) is 4.90 Å². The Labute approximate surface area is 156 Å². The summed E-state index contributed by atoms with van der Waals surface area (Å²) in [6.07, 6.45) is 0. The molecule has 0 aromatic heterocycles. The predicted octanol–water partition coefficient (Wildman–Crippen LogP) is 1.97. The third-order valence-corrected chi connectivity index (χ3v) is 3.90. The van der Waals surface area contributed by atoms with Crippen molar-refractivity contribution in [2.24, 2.45) is 5.92 Å². The first-order valence-electron chi connectivity index (χ1n) is 8.66. The van der Waals surface area contributed by atoms with Gasteiger partial charge in [-0.05, 0) is 23.8 Å². The van der Waals surface area contributed by atoms with Crippen LogP contribution in [0.1, 0.15) is 19.4 Å². The number of rotatable bonds is 10. The van der Waals surface area contributed by atoms with Crippen LogP contribution in [0.4, 0.5) is 11.4 Å². The van der Waals surface area contributed by atoms with Crippen molar-refractivity contribution in [2.75, 3.05) is 58.3 Å². The van der Waals surface area contributed by atoms with Gasteiger partial charge >= 0.3 is 0 Å². The van der Waals surface area contributed by atoms with Gasteiger partial charge in [0, 0.05) is 58.7 Å². The molecule has 0 atom stereocenters. The van der Waals surface area contributed by atoms with E-state index in [4.69, 9.17) is 9.47 Å². The van der Waals surface area contributed by atoms with E-state index >= 15 is 0 Å². The van der Waals surface area contributed by atoms with Gasteiger partial charge in [-0.25, -0.2) is 0 Å². The van der Waals surface area contributed by atoms with Gasteiger partial charge in [0.2, 0.25) is 11.8 Å². The Balaban J connectivity index is 3.10. The van der Waals surface area contributed by atoms with Gasteiger partial charge in [0.25, 0.3) is 0 Å². The van der Waals surface area contributed by atoms with Crippen LogP contribution >= 0.6 is 0 Å². The summed E-state index contributed by atoms with van der Waals surface area (Å²) in [4.78, 5) is 28.0. The molecule has 1 rings (SSSR count). The average Bonchev–Trinajstić information content (AvgIpc) is 2.58. The third-order valence-electron chi connectivity index (χ3n) is 3.90. The summed E-state index contributed by atoms with van der Waals surface area (Å²) in [6, 6.07) is 5.73. The molecule has 146 valence electrons. The topological polar surface area (TPSA) is 71.1 Å². The lowest BCUT2D eigenvalue weighted by Crippen LogP contribution is -2.36. The molecule has 0 unspecified atom stereocenters. The minimum Gasteiger partial charge on any atom is -0.383 e. The minimum atomic E-state index is -0.106. The van der Waals surface area contributed by atoms with Gasteiger partial charge in [0.15, 0.2) is 0 Å². The number of benzene rings is 1. The summed E-state index contributed by atoms with van der Waals surface area (Å²) in [5.41, 5.74) is 2.65. The van der Waals surface area contributed by atoms with Crippen LogP contribution in [0.15, 0.2) is 18.2 Å². The van der Waals surface area contributed by atoms with Gasteiger partial charge in [-0.15, -0.1) is 0 Å². The van der Waals surface area contributed by atoms with Gasteiger partial charge in [0.1, 0.15) is 6.61 Å². The Kier molecular flexibility index (Phi) is 9.09.